The van der Waals surface area contributed by atoms with Crippen LogP contribution in [0.3, 0.4) is 0 Å². The predicted octanol–water partition coefficient (Wildman–Crippen LogP) is 3.52. The summed E-state index contributed by atoms with van der Waals surface area (Å²) in [6, 6.07) is 19.1. The van der Waals surface area contributed by atoms with Crippen LogP contribution < -0.4 is 21.1 Å². The average molecular weight is 419 g/mol. The van der Waals surface area contributed by atoms with E-state index < -0.39 is 0 Å². The molecule has 0 aliphatic carbocycles. The van der Waals surface area contributed by atoms with Crippen LogP contribution >= 0.6 is 12.2 Å². The lowest BCUT2D eigenvalue weighted by Gasteiger charge is -2.18. The third-order valence-electron chi connectivity index (χ3n) is 4.92. The third-order valence-corrected chi connectivity index (χ3v) is 5.14. The Balaban J connectivity index is 1.45. The van der Waals surface area contributed by atoms with Crippen molar-refractivity contribution in [2.45, 2.75) is 26.4 Å². The molecule has 7 heteroatoms. The maximum atomic E-state index is 12.9. The Morgan fingerprint density at radius 2 is 1.70 bits per heavy atom. The van der Waals surface area contributed by atoms with Gasteiger partial charge in [-0.25, -0.2) is 0 Å². The Morgan fingerprint density at radius 1 is 1.00 bits per heavy atom. The summed E-state index contributed by atoms with van der Waals surface area (Å²) < 4.78 is 0. The Labute approximate surface area is 180 Å². The number of hydrogen-bond donors (Lipinski definition) is 3. The highest BCUT2D eigenvalue weighted by Crippen LogP contribution is 2.37. The van der Waals surface area contributed by atoms with E-state index in [1.807, 2.05) is 62.4 Å². The molecule has 2 amide bonds. The van der Waals surface area contributed by atoms with Gasteiger partial charge in [0.1, 0.15) is 0 Å². The van der Waals surface area contributed by atoms with E-state index in [0.717, 1.165) is 27.6 Å². The first kappa shape index (κ1) is 19.8. The van der Waals surface area contributed by atoms with Crippen molar-refractivity contribution < 1.29 is 9.59 Å². The first-order valence-electron chi connectivity index (χ1n) is 9.73. The van der Waals surface area contributed by atoms with Crippen LogP contribution in [-0.4, -0.2) is 23.0 Å². The van der Waals surface area contributed by atoms with Crippen LogP contribution in [0.5, 0.6) is 0 Å². The molecule has 0 unspecified atom stereocenters. The lowest BCUT2D eigenvalue weighted by atomic mass is 10.1. The molecule has 0 fully saturated rings. The zero-order valence-electron chi connectivity index (χ0n) is 16.7. The molecule has 3 N–H and O–H groups in total. The van der Waals surface area contributed by atoms with Gasteiger partial charge in [-0.15, -0.1) is 0 Å². The highest BCUT2D eigenvalue weighted by molar-refractivity contribution is 7.80. The maximum absolute atomic E-state index is 12.9. The van der Waals surface area contributed by atoms with Gasteiger partial charge in [0, 0.05) is 22.6 Å². The van der Waals surface area contributed by atoms with Crippen LogP contribution in [0, 0.1) is 0 Å². The summed E-state index contributed by atoms with van der Waals surface area (Å²) in [6.45, 7) is 4.35. The fourth-order valence-electron chi connectivity index (χ4n) is 3.56. The van der Waals surface area contributed by atoms with Gasteiger partial charge in [-0.2, -0.15) is 0 Å². The molecule has 0 bridgehead atoms. The molecule has 1 heterocycles. The zero-order chi connectivity index (χ0) is 21.3. The number of benzene rings is 3. The predicted molar refractivity (Wildman–Crippen MR) is 122 cm³/mol. The number of hydrogen-bond acceptors (Lipinski definition) is 3. The van der Waals surface area contributed by atoms with Crippen molar-refractivity contribution in [2.24, 2.45) is 0 Å². The highest BCUT2D eigenvalue weighted by atomic mass is 32.1. The van der Waals surface area contributed by atoms with Gasteiger partial charge >= 0.3 is 0 Å². The highest BCUT2D eigenvalue weighted by Gasteiger charge is 2.29. The summed E-state index contributed by atoms with van der Waals surface area (Å²) in [5, 5.41) is 5.40. The number of thiocarbonyl (C=S) groups is 1. The van der Waals surface area contributed by atoms with Gasteiger partial charge in [0.2, 0.25) is 0 Å². The number of carbonyl (C=O) groups excluding carboxylic acids is 2. The number of rotatable bonds is 4. The van der Waals surface area contributed by atoms with Crippen LogP contribution in [0.15, 0.2) is 60.7 Å². The van der Waals surface area contributed by atoms with Gasteiger partial charge in [-0.1, -0.05) is 36.4 Å². The molecular formula is C23H22N4O2S. The molecule has 0 radical (unpaired) electrons. The minimum absolute atomic E-state index is 0.000940. The molecule has 0 aromatic heterocycles. The molecule has 0 atom stereocenters. The first-order valence-corrected chi connectivity index (χ1v) is 10.1. The third kappa shape index (κ3) is 3.84. The van der Waals surface area contributed by atoms with Gasteiger partial charge in [-0.3, -0.25) is 20.4 Å². The number of nitrogens with one attached hydrogen (secondary N) is 3. The Morgan fingerprint density at radius 3 is 2.40 bits per heavy atom. The quantitative estimate of drug-likeness (QED) is 0.447. The van der Waals surface area contributed by atoms with Crippen LogP contribution in [0.2, 0.25) is 0 Å². The molecule has 0 saturated heterocycles. The van der Waals surface area contributed by atoms with Crippen molar-refractivity contribution >= 4 is 45.6 Å². The standard InChI is InChI=1S/C23H22N4O2S/c1-14(2)24-23(30)26-25-21(28)17-11-9-15(10-12-17)13-27-19-8-4-6-16-5-3-7-18(20(16)19)22(27)29/h3-12,14H,13H2,1-2H3,(H,25,28)(H2,24,26,30). The molecule has 6 nitrogen and oxygen atoms in total. The summed E-state index contributed by atoms with van der Waals surface area (Å²) in [5.41, 5.74) is 8.34. The normalized spacial score (nSPS) is 12.4. The van der Waals surface area contributed by atoms with Gasteiger partial charge in [-0.05, 0) is 61.3 Å². The summed E-state index contributed by atoms with van der Waals surface area (Å²) >= 11 is 5.09. The summed E-state index contributed by atoms with van der Waals surface area (Å²) in [7, 11) is 0. The van der Waals surface area contributed by atoms with Crippen LogP contribution in [-0.2, 0) is 6.54 Å². The average Bonchev–Trinajstić information content (AvgIpc) is 3.00. The Kier molecular flexibility index (Phi) is 5.37. The van der Waals surface area contributed by atoms with E-state index >= 15 is 0 Å². The van der Waals surface area contributed by atoms with Gasteiger partial charge in [0.25, 0.3) is 11.8 Å². The Bertz CT molecular complexity index is 1140. The fraction of sp³-hybridized carbons (Fsp3) is 0.174. The van der Waals surface area contributed by atoms with Crippen molar-refractivity contribution in [3.8, 4) is 0 Å². The molecule has 4 rings (SSSR count). The largest absolute Gasteiger partial charge is 0.359 e. The number of anilines is 1. The summed E-state index contributed by atoms with van der Waals surface area (Å²) in [4.78, 5) is 27.0. The second kappa shape index (κ2) is 8.12. The number of hydrazine groups is 1. The molecule has 3 aromatic carbocycles. The SMILES string of the molecule is CC(C)NC(=S)NNC(=O)c1ccc(CN2C(=O)c3cccc4cccc2c34)cc1. The fourth-order valence-corrected chi connectivity index (χ4v) is 3.85. The van der Waals surface area contributed by atoms with Crippen molar-refractivity contribution in [3.63, 3.8) is 0 Å². The van der Waals surface area contributed by atoms with E-state index in [9.17, 15) is 9.59 Å². The number of nitrogens with zero attached hydrogens (tertiary/aromatic N) is 1. The lowest BCUT2D eigenvalue weighted by Crippen LogP contribution is -2.48. The molecule has 30 heavy (non-hydrogen) atoms. The zero-order valence-corrected chi connectivity index (χ0v) is 17.5. The topological polar surface area (TPSA) is 73.5 Å². The van der Waals surface area contributed by atoms with Crippen molar-refractivity contribution in [1.29, 1.82) is 0 Å². The number of amides is 2. The van der Waals surface area contributed by atoms with E-state index in [2.05, 4.69) is 16.2 Å². The van der Waals surface area contributed by atoms with Gasteiger partial charge < -0.3 is 10.2 Å². The Hall–Kier alpha value is -3.45. The minimum Gasteiger partial charge on any atom is -0.359 e. The second-order valence-corrected chi connectivity index (χ2v) is 7.88. The molecule has 1 aliphatic rings. The molecule has 1 aliphatic heterocycles. The monoisotopic (exact) mass is 418 g/mol. The second-order valence-electron chi connectivity index (χ2n) is 7.48. The van der Waals surface area contributed by atoms with Crippen LogP contribution in [0.25, 0.3) is 10.8 Å². The molecule has 3 aromatic rings. The van der Waals surface area contributed by atoms with Crippen molar-refractivity contribution in [3.05, 3.63) is 77.4 Å². The van der Waals surface area contributed by atoms with Crippen LogP contribution in [0.1, 0.15) is 40.1 Å². The summed E-state index contributed by atoms with van der Waals surface area (Å²) in [6.07, 6.45) is 0. The van der Waals surface area contributed by atoms with Crippen LogP contribution in [0.4, 0.5) is 5.69 Å². The minimum atomic E-state index is -0.288. The van der Waals surface area contributed by atoms with E-state index in [1.54, 1.807) is 17.0 Å². The van der Waals surface area contributed by atoms with E-state index in [-0.39, 0.29) is 17.9 Å². The molecule has 152 valence electrons. The molecule has 0 spiro atoms. The van der Waals surface area contributed by atoms with Gasteiger partial charge in [0.15, 0.2) is 5.11 Å². The smallest absolute Gasteiger partial charge is 0.269 e. The maximum Gasteiger partial charge on any atom is 0.269 e. The van der Waals surface area contributed by atoms with Crippen molar-refractivity contribution in [1.82, 2.24) is 16.2 Å². The van der Waals surface area contributed by atoms with Gasteiger partial charge in [0.05, 0.1) is 12.2 Å². The molecular weight excluding hydrogens is 396 g/mol. The molecule has 0 saturated carbocycles. The van der Waals surface area contributed by atoms with E-state index in [4.69, 9.17) is 12.2 Å². The first-order chi connectivity index (χ1) is 14.4. The summed E-state index contributed by atoms with van der Waals surface area (Å²) in [5.74, 6) is -0.289. The lowest BCUT2D eigenvalue weighted by molar-refractivity contribution is 0.0942. The van der Waals surface area contributed by atoms with Crippen molar-refractivity contribution in [2.75, 3.05) is 4.90 Å². The van der Waals surface area contributed by atoms with E-state index in [1.165, 1.54) is 0 Å². The van der Waals surface area contributed by atoms with E-state index in [0.29, 0.717) is 17.2 Å². The number of carbonyl (C=O) groups is 2.